The van der Waals surface area contributed by atoms with Crippen LogP contribution >= 0.6 is 0 Å². The topological polar surface area (TPSA) is 61.3 Å². The third-order valence-electron chi connectivity index (χ3n) is 4.67. The zero-order valence-corrected chi connectivity index (χ0v) is 12.3. The van der Waals surface area contributed by atoms with Crippen molar-refractivity contribution >= 4 is 0 Å². The third-order valence-corrected chi connectivity index (χ3v) is 4.67. The number of rotatable bonds is 5. The monoisotopic (exact) mass is 262 g/mol. The molecule has 0 heterocycles. The minimum absolute atomic E-state index is 0.0279. The molecule has 0 aromatic heterocycles. The zero-order valence-electron chi connectivity index (χ0n) is 12.3. The van der Waals surface area contributed by atoms with E-state index < -0.39 is 0 Å². The number of hydrogen-bond donors (Lipinski definition) is 2. The molecule has 0 radical (unpaired) electrons. The molecule has 19 heavy (non-hydrogen) atoms. The van der Waals surface area contributed by atoms with Crippen molar-refractivity contribution in [3.05, 3.63) is 29.3 Å². The quantitative estimate of drug-likeness (QED) is 0.857. The van der Waals surface area contributed by atoms with Crippen molar-refractivity contribution in [1.82, 2.24) is 0 Å². The van der Waals surface area contributed by atoms with Gasteiger partial charge < -0.3 is 16.2 Å². The highest BCUT2D eigenvalue weighted by molar-refractivity contribution is 5.41. The maximum Gasteiger partial charge on any atom is 0.123 e. The van der Waals surface area contributed by atoms with Crippen molar-refractivity contribution in [2.24, 2.45) is 16.9 Å². The Morgan fingerprint density at radius 1 is 1.32 bits per heavy atom. The summed E-state index contributed by atoms with van der Waals surface area (Å²) in [6, 6.07) is 6.33. The molecule has 0 saturated heterocycles. The molecule has 1 unspecified atom stereocenters. The lowest BCUT2D eigenvalue weighted by atomic mass is 9.62. The highest BCUT2D eigenvalue weighted by atomic mass is 16.5. The minimum Gasteiger partial charge on any atom is -0.496 e. The summed E-state index contributed by atoms with van der Waals surface area (Å²) < 4.78 is 5.49. The lowest BCUT2D eigenvalue weighted by molar-refractivity contribution is 0.103. The summed E-state index contributed by atoms with van der Waals surface area (Å²) in [7, 11) is 1.70. The van der Waals surface area contributed by atoms with Crippen molar-refractivity contribution < 1.29 is 4.74 Å². The zero-order chi connectivity index (χ0) is 14.0. The molecule has 0 amide bonds. The lowest BCUT2D eigenvalue weighted by Gasteiger charge is -2.46. The first kappa shape index (κ1) is 14.4. The smallest absolute Gasteiger partial charge is 0.123 e. The molecule has 4 N–H and O–H groups in total. The molecule has 106 valence electrons. The molecule has 2 rings (SSSR count). The van der Waals surface area contributed by atoms with Crippen LogP contribution in [0.15, 0.2) is 18.2 Å². The van der Waals surface area contributed by atoms with Gasteiger partial charge in [-0.15, -0.1) is 0 Å². The van der Waals surface area contributed by atoms with Gasteiger partial charge in [0.05, 0.1) is 7.11 Å². The molecular formula is C16H26N2O. The highest BCUT2D eigenvalue weighted by Gasteiger charge is 2.42. The Kier molecular flexibility index (Phi) is 4.16. The predicted octanol–water partition coefficient (Wildman–Crippen LogP) is 2.95. The van der Waals surface area contributed by atoms with E-state index in [0.29, 0.717) is 12.5 Å². The number of nitrogens with two attached hydrogens (primary N) is 2. The number of ether oxygens (including phenoxy) is 1. The van der Waals surface area contributed by atoms with Crippen LogP contribution in [0, 0.1) is 5.41 Å². The van der Waals surface area contributed by atoms with E-state index in [2.05, 4.69) is 26.0 Å². The van der Waals surface area contributed by atoms with Gasteiger partial charge in [0.2, 0.25) is 0 Å². The van der Waals surface area contributed by atoms with Crippen LogP contribution in [0.2, 0.25) is 0 Å². The first-order valence-corrected chi connectivity index (χ1v) is 7.17. The summed E-state index contributed by atoms with van der Waals surface area (Å²) in [6.45, 7) is 5.04. The molecule has 0 bridgehead atoms. The van der Waals surface area contributed by atoms with Gasteiger partial charge in [0.1, 0.15) is 5.75 Å². The van der Waals surface area contributed by atoms with Crippen molar-refractivity contribution in [1.29, 1.82) is 0 Å². The number of benzene rings is 1. The molecule has 1 atom stereocenters. The van der Waals surface area contributed by atoms with Gasteiger partial charge in [-0.1, -0.05) is 32.4 Å². The standard InChI is InChI=1S/C16H26N2O/c1-11(2)12-5-6-14(19-3)13(9-12)15(18)16(10-17)7-4-8-16/h5-6,9,11,15H,4,7-8,10,17-18H2,1-3H3. The summed E-state index contributed by atoms with van der Waals surface area (Å²) in [6.07, 6.45) is 3.48. The van der Waals surface area contributed by atoms with Gasteiger partial charge in [-0.2, -0.15) is 0 Å². The van der Waals surface area contributed by atoms with Crippen LogP contribution < -0.4 is 16.2 Å². The molecule has 1 fully saturated rings. The Labute approximate surface area is 116 Å². The van der Waals surface area contributed by atoms with Crippen LogP contribution in [-0.4, -0.2) is 13.7 Å². The van der Waals surface area contributed by atoms with E-state index in [1.165, 1.54) is 12.0 Å². The predicted molar refractivity (Wildman–Crippen MR) is 79.3 cm³/mol. The second-order valence-corrected chi connectivity index (χ2v) is 6.05. The second kappa shape index (κ2) is 5.51. The third kappa shape index (κ3) is 2.49. The van der Waals surface area contributed by atoms with Crippen molar-refractivity contribution in [3.8, 4) is 5.75 Å². The maximum absolute atomic E-state index is 6.53. The maximum atomic E-state index is 6.53. The van der Waals surface area contributed by atoms with Gasteiger partial charge in [0.25, 0.3) is 0 Å². The molecule has 1 aromatic carbocycles. The molecule has 1 saturated carbocycles. The van der Waals surface area contributed by atoms with E-state index >= 15 is 0 Å². The summed E-state index contributed by atoms with van der Waals surface area (Å²) in [5.74, 6) is 1.38. The van der Waals surface area contributed by atoms with E-state index in [9.17, 15) is 0 Å². The molecule has 0 aliphatic heterocycles. The van der Waals surface area contributed by atoms with Crippen molar-refractivity contribution in [2.45, 2.75) is 45.1 Å². The normalized spacial score (nSPS) is 19.1. The van der Waals surface area contributed by atoms with Gasteiger partial charge in [0, 0.05) is 17.0 Å². The largest absolute Gasteiger partial charge is 0.496 e. The fourth-order valence-electron chi connectivity index (χ4n) is 2.96. The van der Waals surface area contributed by atoms with E-state index in [1.807, 2.05) is 6.07 Å². The fourth-order valence-corrected chi connectivity index (χ4v) is 2.96. The highest BCUT2D eigenvalue weighted by Crippen LogP contribution is 2.50. The number of hydrogen-bond acceptors (Lipinski definition) is 3. The Hall–Kier alpha value is -1.06. The van der Waals surface area contributed by atoms with E-state index in [0.717, 1.165) is 24.2 Å². The first-order chi connectivity index (χ1) is 9.04. The van der Waals surface area contributed by atoms with Crippen LogP contribution in [0.1, 0.15) is 56.2 Å². The number of methoxy groups -OCH3 is 1. The van der Waals surface area contributed by atoms with Crippen LogP contribution in [0.3, 0.4) is 0 Å². The molecule has 0 spiro atoms. The Morgan fingerprint density at radius 3 is 2.42 bits per heavy atom. The van der Waals surface area contributed by atoms with Crippen molar-refractivity contribution in [2.75, 3.05) is 13.7 Å². The molecule has 3 nitrogen and oxygen atoms in total. The molecule has 3 heteroatoms. The van der Waals surface area contributed by atoms with Gasteiger partial charge in [-0.25, -0.2) is 0 Å². The van der Waals surface area contributed by atoms with Crippen LogP contribution in [-0.2, 0) is 0 Å². The lowest BCUT2D eigenvalue weighted by Crippen LogP contribution is -2.46. The second-order valence-electron chi connectivity index (χ2n) is 6.05. The van der Waals surface area contributed by atoms with E-state index in [-0.39, 0.29) is 11.5 Å². The molecule has 1 aliphatic rings. The Bertz CT molecular complexity index is 433. The fraction of sp³-hybridized carbons (Fsp3) is 0.625. The Morgan fingerprint density at radius 2 is 2.00 bits per heavy atom. The van der Waals surface area contributed by atoms with Gasteiger partial charge in [-0.05, 0) is 36.9 Å². The van der Waals surface area contributed by atoms with Crippen molar-refractivity contribution in [3.63, 3.8) is 0 Å². The summed E-state index contributed by atoms with van der Waals surface area (Å²) in [5.41, 5.74) is 15.0. The first-order valence-electron chi connectivity index (χ1n) is 7.17. The van der Waals surface area contributed by atoms with Crippen LogP contribution in [0.5, 0.6) is 5.75 Å². The van der Waals surface area contributed by atoms with Gasteiger partial charge in [-0.3, -0.25) is 0 Å². The van der Waals surface area contributed by atoms with Gasteiger partial charge >= 0.3 is 0 Å². The van der Waals surface area contributed by atoms with Crippen LogP contribution in [0.25, 0.3) is 0 Å². The molecule has 1 aromatic rings. The van der Waals surface area contributed by atoms with Gasteiger partial charge in [0.15, 0.2) is 0 Å². The van der Waals surface area contributed by atoms with Crippen LogP contribution in [0.4, 0.5) is 0 Å². The summed E-state index contributed by atoms with van der Waals surface area (Å²) >= 11 is 0. The molecule has 1 aliphatic carbocycles. The Balaban J connectivity index is 2.38. The van der Waals surface area contributed by atoms with E-state index in [1.54, 1.807) is 7.11 Å². The molecular weight excluding hydrogens is 236 g/mol. The average Bonchev–Trinajstić information content (AvgIpc) is 2.37. The SMILES string of the molecule is COc1ccc(C(C)C)cc1C(N)C1(CN)CCC1. The average molecular weight is 262 g/mol. The summed E-state index contributed by atoms with van der Waals surface area (Å²) in [5, 5.41) is 0. The van der Waals surface area contributed by atoms with E-state index in [4.69, 9.17) is 16.2 Å². The summed E-state index contributed by atoms with van der Waals surface area (Å²) in [4.78, 5) is 0. The minimum atomic E-state index is -0.0279.